The quantitative estimate of drug-likeness (QED) is 0.776. The number of ether oxygens (including phenoxy) is 1. The van der Waals surface area contributed by atoms with Gasteiger partial charge in [0.25, 0.3) is 0 Å². The molecule has 84 valence electrons. The average Bonchev–Trinajstić information content (AvgIpc) is 2.75. The lowest BCUT2D eigenvalue weighted by Crippen LogP contribution is -2.36. The van der Waals surface area contributed by atoms with Gasteiger partial charge in [0.1, 0.15) is 0 Å². The largest absolute Gasteiger partial charge is 0.374 e. The van der Waals surface area contributed by atoms with Gasteiger partial charge in [-0.2, -0.15) is 0 Å². The molecular formula is C10H18N4O. The Morgan fingerprint density at radius 2 is 2.47 bits per heavy atom. The molecule has 1 fully saturated rings. The maximum absolute atomic E-state index is 6.08. The van der Waals surface area contributed by atoms with Crippen LogP contribution in [-0.4, -0.2) is 33.2 Å². The number of aryl methyl sites for hydroxylation is 1. The zero-order valence-corrected chi connectivity index (χ0v) is 9.26. The van der Waals surface area contributed by atoms with E-state index in [2.05, 4.69) is 17.2 Å². The summed E-state index contributed by atoms with van der Waals surface area (Å²) in [4.78, 5) is 0. The highest BCUT2D eigenvalue weighted by Crippen LogP contribution is 2.22. The lowest BCUT2D eigenvalue weighted by molar-refractivity contribution is 0.0403. The van der Waals surface area contributed by atoms with Gasteiger partial charge in [0.15, 0.2) is 0 Å². The third-order valence-electron chi connectivity index (χ3n) is 2.84. The molecule has 5 nitrogen and oxygen atoms in total. The Kier molecular flexibility index (Phi) is 3.02. The summed E-state index contributed by atoms with van der Waals surface area (Å²) in [5.41, 5.74) is 7.02. The molecule has 1 aliphatic rings. The summed E-state index contributed by atoms with van der Waals surface area (Å²) in [7, 11) is 1.86. The molecule has 1 aliphatic heterocycles. The normalized spacial score (nSPS) is 28.2. The van der Waals surface area contributed by atoms with E-state index in [9.17, 15) is 0 Å². The van der Waals surface area contributed by atoms with Gasteiger partial charge in [-0.1, -0.05) is 5.21 Å². The summed E-state index contributed by atoms with van der Waals surface area (Å²) in [6, 6.07) is 0.0339. The number of aromatic nitrogens is 3. The lowest BCUT2D eigenvalue weighted by atomic mass is 10.0. The fraction of sp³-hybridized carbons (Fsp3) is 0.800. The molecule has 3 atom stereocenters. The van der Waals surface area contributed by atoms with Crippen molar-refractivity contribution in [2.45, 2.75) is 44.4 Å². The van der Waals surface area contributed by atoms with Crippen LogP contribution in [0.5, 0.6) is 0 Å². The Labute approximate surface area is 89.6 Å². The molecule has 15 heavy (non-hydrogen) atoms. The molecule has 0 spiro atoms. The van der Waals surface area contributed by atoms with Crippen LogP contribution in [0.3, 0.4) is 0 Å². The maximum atomic E-state index is 6.08. The summed E-state index contributed by atoms with van der Waals surface area (Å²) >= 11 is 0. The monoisotopic (exact) mass is 210 g/mol. The van der Waals surface area contributed by atoms with Crippen molar-refractivity contribution in [3.05, 3.63) is 11.9 Å². The lowest BCUT2D eigenvalue weighted by Gasteiger charge is -2.18. The molecule has 0 bridgehead atoms. The molecule has 2 rings (SSSR count). The summed E-state index contributed by atoms with van der Waals surface area (Å²) in [6.45, 7) is 2.09. The predicted molar refractivity (Wildman–Crippen MR) is 56.3 cm³/mol. The fourth-order valence-electron chi connectivity index (χ4n) is 2.01. The first-order chi connectivity index (χ1) is 7.15. The van der Waals surface area contributed by atoms with Crippen molar-refractivity contribution >= 4 is 0 Å². The molecule has 0 aliphatic carbocycles. The number of hydrogen-bond donors (Lipinski definition) is 1. The van der Waals surface area contributed by atoms with Crippen molar-refractivity contribution in [1.82, 2.24) is 15.0 Å². The third kappa shape index (κ3) is 2.54. The summed E-state index contributed by atoms with van der Waals surface area (Å²) in [6.07, 6.45) is 5.34. The molecule has 1 saturated heterocycles. The van der Waals surface area contributed by atoms with Crippen LogP contribution in [0.25, 0.3) is 0 Å². The van der Waals surface area contributed by atoms with E-state index >= 15 is 0 Å². The number of hydrogen-bond acceptors (Lipinski definition) is 4. The van der Waals surface area contributed by atoms with Crippen LogP contribution < -0.4 is 5.73 Å². The molecule has 0 saturated carbocycles. The molecule has 0 aromatic carbocycles. The van der Waals surface area contributed by atoms with E-state index in [0.29, 0.717) is 6.10 Å². The standard InChI is InChI=1S/C10H18N4O/c1-7-3-4-10(15-7)9(11)5-8-6-14(2)13-12-8/h6-7,9-10H,3-5,11H2,1-2H3. The molecule has 5 heteroatoms. The van der Waals surface area contributed by atoms with Gasteiger partial charge in [-0.25, -0.2) is 0 Å². The third-order valence-corrected chi connectivity index (χ3v) is 2.84. The Balaban J connectivity index is 1.89. The van der Waals surface area contributed by atoms with Gasteiger partial charge in [0, 0.05) is 25.7 Å². The first-order valence-corrected chi connectivity index (χ1v) is 5.41. The van der Waals surface area contributed by atoms with E-state index in [1.807, 2.05) is 13.2 Å². The van der Waals surface area contributed by atoms with E-state index in [4.69, 9.17) is 10.5 Å². The number of nitrogens with two attached hydrogens (primary N) is 1. The molecule has 2 heterocycles. The van der Waals surface area contributed by atoms with Gasteiger partial charge in [-0.15, -0.1) is 5.10 Å². The second-order valence-corrected chi connectivity index (χ2v) is 4.31. The van der Waals surface area contributed by atoms with Crippen LogP contribution in [0.1, 0.15) is 25.5 Å². The van der Waals surface area contributed by atoms with E-state index in [1.165, 1.54) is 0 Å². The summed E-state index contributed by atoms with van der Waals surface area (Å²) in [5, 5.41) is 7.91. The van der Waals surface area contributed by atoms with Crippen molar-refractivity contribution in [3.8, 4) is 0 Å². The van der Waals surface area contributed by atoms with Crippen molar-refractivity contribution < 1.29 is 4.74 Å². The zero-order chi connectivity index (χ0) is 10.8. The Hall–Kier alpha value is -0.940. The molecule has 1 aromatic rings. The summed E-state index contributed by atoms with van der Waals surface area (Å²) < 4.78 is 7.42. The maximum Gasteiger partial charge on any atom is 0.0843 e. The zero-order valence-electron chi connectivity index (χ0n) is 9.26. The van der Waals surface area contributed by atoms with Crippen LogP contribution in [0.2, 0.25) is 0 Å². The highest BCUT2D eigenvalue weighted by Gasteiger charge is 2.27. The Morgan fingerprint density at radius 3 is 3.00 bits per heavy atom. The molecule has 3 unspecified atom stereocenters. The van der Waals surface area contributed by atoms with Crippen molar-refractivity contribution in [1.29, 1.82) is 0 Å². The van der Waals surface area contributed by atoms with Gasteiger partial charge in [0.2, 0.25) is 0 Å². The smallest absolute Gasteiger partial charge is 0.0843 e. The topological polar surface area (TPSA) is 66.0 Å². The van der Waals surface area contributed by atoms with Crippen LogP contribution in [0.15, 0.2) is 6.20 Å². The van der Waals surface area contributed by atoms with E-state index in [-0.39, 0.29) is 12.1 Å². The summed E-state index contributed by atoms with van der Waals surface area (Å²) in [5.74, 6) is 0. The molecule has 0 amide bonds. The van der Waals surface area contributed by atoms with Gasteiger partial charge in [-0.05, 0) is 19.8 Å². The van der Waals surface area contributed by atoms with E-state index in [0.717, 1.165) is 25.0 Å². The predicted octanol–water partition coefficient (Wildman–Crippen LogP) is 0.252. The molecule has 1 aromatic heterocycles. The van der Waals surface area contributed by atoms with Gasteiger partial charge < -0.3 is 10.5 Å². The van der Waals surface area contributed by atoms with Crippen molar-refractivity contribution in [3.63, 3.8) is 0 Å². The molecular weight excluding hydrogens is 192 g/mol. The minimum absolute atomic E-state index is 0.0339. The Morgan fingerprint density at radius 1 is 1.67 bits per heavy atom. The van der Waals surface area contributed by atoms with Gasteiger partial charge >= 0.3 is 0 Å². The minimum Gasteiger partial charge on any atom is -0.374 e. The SMILES string of the molecule is CC1CCC(C(N)Cc2cn(C)nn2)O1. The van der Waals surface area contributed by atoms with Crippen LogP contribution in [0.4, 0.5) is 0 Å². The highest BCUT2D eigenvalue weighted by atomic mass is 16.5. The Bertz CT molecular complexity index is 325. The molecule has 2 N–H and O–H groups in total. The van der Waals surface area contributed by atoms with Crippen molar-refractivity contribution in [2.75, 3.05) is 0 Å². The average molecular weight is 210 g/mol. The van der Waals surface area contributed by atoms with Gasteiger partial charge in [-0.3, -0.25) is 4.68 Å². The second kappa shape index (κ2) is 4.28. The van der Waals surface area contributed by atoms with E-state index in [1.54, 1.807) is 4.68 Å². The van der Waals surface area contributed by atoms with Gasteiger partial charge in [0.05, 0.1) is 17.9 Å². The van der Waals surface area contributed by atoms with E-state index < -0.39 is 0 Å². The van der Waals surface area contributed by atoms with Crippen molar-refractivity contribution in [2.24, 2.45) is 12.8 Å². The highest BCUT2D eigenvalue weighted by molar-refractivity contribution is 4.97. The number of nitrogens with zero attached hydrogens (tertiary/aromatic N) is 3. The first kappa shape index (κ1) is 10.6. The van der Waals surface area contributed by atoms with Crippen LogP contribution in [0, 0.1) is 0 Å². The van der Waals surface area contributed by atoms with Crippen LogP contribution >= 0.6 is 0 Å². The fourth-order valence-corrected chi connectivity index (χ4v) is 2.01. The molecule has 0 radical (unpaired) electrons. The van der Waals surface area contributed by atoms with Crippen LogP contribution in [-0.2, 0) is 18.2 Å². The first-order valence-electron chi connectivity index (χ1n) is 5.41. The number of rotatable bonds is 3. The second-order valence-electron chi connectivity index (χ2n) is 4.31. The minimum atomic E-state index is 0.0339.